The first-order valence-corrected chi connectivity index (χ1v) is 10.0. The molecule has 0 atom stereocenters. The number of carbonyl (C=O) groups is 1. The van der Waals surface area contributed by atoms with Crippen LogP contribution in [-0.4, -0.2) is 81.2 Å². The van der Waals surface area contributed by atoms with Gasteiger partial charge in [-0.2, -0.15) is 13.2 Å². The molecule has 1 aromatic rings. The van der Waals surface area contributed by atoms with Gasteiger partial charge in [0.1, 0.15) is 6.54 Å². The molecule has 0 spiro atoms. The Kier molecular flexibility index (Phi) is 9.38. The Bertz CT molecular complexity index is 704. The Morgan fingerprint density at radius 1 is 1.20 bits per heavy atom. The second-order valence-electron chi connectivity index (χ2n) is 6.97. The van der Waals surface area contributed by atoms with Crippen LogP contribution in [0, 0.1) is 0 Å². The van der Waals surface area contributed by atoms with E-state index in [9.17, 15) is 18.0 Å². The zero-order valence-electron chi connectivity index (χ0n) is 17.5. The van der Waals surface area contributed by atoms with E-state index in [0.29, 0.717) is 63.9 Å². The number of nitrogens with one attached hydrogen (secondary N) is 2. The zero-order chi connectivity index (χ0) is 22.0. The minimum absolute atomic E-state index is 0.0243. The molecular formula is C20H30F3N5O2. The molecule has 1 aromatic carbocycles. The Labute approximate surface area is 175 Å². The number of aliphatic imine (C=N–C) groups is 1. The van der Waals surface area contributed by atoms with Gasteiger partial charge in [0, 0.05) is 52.9 Å². The van der Waals surface area contributed by atoms with E-state index < -0.39 is 11.7 Å². The van der Waals surface area contributed by atoms with Crippen LogP contribution in [0.25, 0.3) is 0 Å². The van der Waals surface area contributed by atoms with E-state index in [-0.39, 0.29) is 12.5 Å². The van der Waals surface area contributed by atoms with Crippen molar-refractivity contribution in [1.29, 1.82) is 0 Å². The largest absolute Gasteiger partial charge is 0.416 e. The smallest absolute Gasteiger partial charge is 0.383 e. The maximum absolute atomic E-state index is 12.9. The Balaban J connectivity index is 1.87. The molecule has 1 aliphatic rings. The fourth-order valence-corrected chi connectivity index (χ4v) is 3.14. The van der Waals surface area contributed by atoms with Gasteiger partial charge in [-0.05, 0) is 18.6 Å². The van der Waals surface area contributed by atoms with Crippen LogP contribution in [0.2, 0.25) is 0 Å². The lowest BCUT2D eigenvalue weighted by Gasteiger charge is -2.36. The second-order valence-corrected chi connectivity index (χ2v) is 6.97. The highest BCUT2D eigenvalue weighted by atomic mass is 19.4. The third-order valence-corrected chi connectivity index (χ3v) is 4.67. The summed E-state index contributed by atoms with van der Waals surface area (Å²) < 4.78 is 43.6. The van der Waals surface area contributed by atoms with E-state index in [4.69, 9.17) is 4.74 Å². The van der Waals surface area contributed by atoms with E-state index in [1.54, 1.807) is 13.2 Å². The predicted octanol–water partition coefficient (Wildman–Crippen LogP) is 1.55. The molecule has 30 heavy (non-hydrogen) atoms. The van der Waals surface area contributed by atoms with Crippen molar-refractivity contribution in [3.8, 4) is 0 Å². The summed E-state index contributed by atoms with van der Waals surface area (Å²) in [5, 5.41) is 5.92. The quantitative estimate of drug-likeness (QED) is 0.373. The second kappa shape index (κ2) is 11.8. The van der Waals surface area contributed by atoms with E-state index >= 15 is 0 Å². The van der Waals surface area contributed by atoms with Crippen molar-refractivity contribution in [1.82, 2.24) is 20.4 Å². The number of methoxy groups -OCH3 is 1. The van der Waals surface area contributed by atoms with Gasteiger partial charge in [-0.15, -0.1) is 0 Å². The molecule has 2 N–H and O–H groups in total. The number of piperazine rings is 1. The summed E-state index contributed by atoms with van der Waals surface area (Å²) in [6.07, 6.45) is -4.33. The minimum Gasteiger partial charge on any atom is -0.383 e. The number of carbonyl (C=O) groups excluding carboxylic acids is 1. The molecule has 0 aliphatic carbocycles. The average molecular weight is 429 g/mol. The number of amides is 1. The number of hydrogen-bond acceptors (Lipinski definition) is 4. The monoisotopic (exact) mass is 429 g/mol. The first-order chi connectivity index (χ1) is 14.3. The van der Waals surface area contributed by atoms with E-state index in [1.807, 2.05) is 6.92 Å². The van der Waals surface area contributed by atoms with Crippen LogP contribution < -0.4 is 10.6 Å². The molecule has 0 bridgehead atoms. The molecule has 0 radical (unpaired) electrons. The maximum atomic E-state index is 12.9. The molecule has 0 saturated carbocycles. The zero-order valence-corrected chi connectivity index (χ0v) is 17.5. The first-order valence-electron chi connectivity index (χ1n) is 10.0. The lowest BCUT2D eigenvalue weighted by Crippen LogP contribution is -2.52. The molecule has 1 amide bonds. The van der Waals surface area contributed by atoms with Gasteiger partial charge >= 0.3 is 6.18 Å². The van der Waals surface area contributed by atoms with Gasteiger partial charge in [0.15, 0.2) is 5.96 Å². The minimum atomic E-state index is -4.33. The van der Waals surface area contributed by atoms with Gasteiger partial charge in [-0.3, -0.25) is 9.69 Å². The summed E-state index contributed by atoms with van der Waals surface area (Å²) in [4.78, 5) is 20.4. The molecule has 168 valence electrons. The summed E-state index contributed by atoms with van der Waals surface area (Å²) in [5.74, 6) is 0.490. The van der Waals surface area contributed by atoms with Crippen molar-refractivity contribution in [2.75, 3.05) is 59.5 Å². The van der Waals surface area contributed by atoms with E-state index in [1.165, 1.54) is 12.1 Å². The number of guanidine groups is 1. The number of nitrogens with zero attached hydrogens (tertiary/aromatic N) is 3. The fraction of sp³-hybridized carbons (Fsp3) is 0.600. The highest BCUT2D eigenvalue weighted by Gasteiger charge is 2.30. The van der Waals surface area contributed by atoms with Gasteiger partial charge in [0.2, 0.25) is 5.91 Å². The van der Waals surface area contributed by atoms with E-state index in [0.717, 1.165) is 6.07 Å². The number of hydrogen-bond donors (Lipinski definition) is 2. The topological polar surface area (TPSA) is 69.2 Å². The lowest BCUT2D eigenvalue weighted by atomic mass is 10.1. The van der Waals surface area contributed by atoms with Crippen molar-refractivity contribution < 1.29 is 22.7 Å². The van der Waals surface area contributed by atoms with Crippen LogP contribution in [0.15, 0.2) is 29.3 Å². The highest BCUT2D eigenvalue weighted by molar-refractivity contribution is 5.85. The van der Waals surface area contributed by atoms with Crippen LogP contribution in [0.1, 0.15) is 18.1 Å². The Morgan fingerprint density at radius 2 is 1.93 bits per heavy atom. The van der Waals surface area contributed by atoms with Gasteiger partial charge in [0.05, 0.1) is 12.2 Å². The third kappa shape index (κ3) is 7.83. The third-order valence-electron chi connectivity index (χ3n) is 4.67. The van der Waals surface area contributed by atoms with Crippen LogP contribution in [-0.2, 0) is 22.3 Å². The van der Waals surface area contributed by atoms with Gasteiger partial charge in [-0.25, -0.2) is 4.99 Å². The maximum Gasteiger partial charge on any atom is 0.416 e. The Morgan fingerprint density at radius 3 is 2.57 bits per heavy atom. The van der Waals surface area contributed by atoms with Gasteiger partial charge in [-0.1, -0.05) is 18.2 Å². The number of halogens is 3. The number of rotatable bonds is 8. The Hall–Kier alpha value is -2.33. The van der Waals surface area contributed by atoms with Crippen molar-refractivity contribution >= 4 is 11.9 Å². The molecule has 7 nitrogen and oxygen atoms in total. The van der Waals surface area contributed by atoms with Crippen LogP contribution >= 0.6 is 0 Å². The number of benzene rings is 1. The number of alkyl halides is 3. The van der Waals surface area contributed by atoms with Crippen molar-refractivity contribution in [3.63, 3.8) is 0 Å². The van der Waals surface area contributed by atoms with Crippen LogP contribution in [0.4, 0.5) is 13.2 Å². The van der Waals surface area contributed by atoms with Crippen molar-refractivity contribution in [2.45, 2.75) is 19.6 Å². The van der Waals surface area contributed by atoms with Crippen molar-refractivity contribution in [3.05, 3.63) is 35.4 Å². The van der Waals surface area contributed by atoms with E-state index in [2.05, 4.69) is 25.4 Å². The molecule has 10 heteroatoms. The van der Waals surface area contributed by atoms with Crippen molar-refractivity contribution in [2.24, 2.45) is 4.99 Å². The molecule has 1 saturated heterocycles. The summed E-state index contributed by atoms with van der Waals surface area (Å²) in [5.41, 5.74) is 0.0237. The standard InChI is InChI=1S/C20H30F3N5O2/c1-3-24-19(26-14-18(29)25-7-12-30-2)28-10-8-27(9-11-28)15-16-5-4-6-17(13-16)20(21,22)23/h4-6,13H,3,7-12,14-15H2,1-2H3,(H,24,26)(H,25,29). The van der Waals surface area contributed by atoms with Crippen LogP contribution in [0.3, 0.4) is 0 Å². The molecule has 0 aromatic heterocycles. The molecule has 0 unspecified atom stereocenters. The average Bonchev–Trinajstić information content (AvgIpc) is 2.71. The molecule has 2 rings (SSSR count). The van der Waals surface area contributed by atoms with Gasteiger partial charge < -0.3 is 20.3 Å². The summed E-state index contributed by atoms with van der Waals surface area (Å²) >= 11 is 0. The molecule has 1 heterocycles. The normalized spacial score (nSPS) is 15.9. The first kappa shape index (κ1) is 23.9. The molecule has 1 aliphatic heterocycles. The molecular weight excluding hydrogens is 399 g/mol. The summed E-state index contributed by atoms with van der Waals surface area (Å²) in [7, 11) is 1.57. The van der Waals surface area contributed by atoms with Crippen LogP contribution in [0.5, 0.6) is 0 Å². The number of ether oxygens (including phenoxy) is 1. The lowest BCUT2D eigenvalue weighted by molar-refractivity contribution is -0.137. The highest BCUT2D eigenvalue weighted by Crippen LogP contribution is 2.29. The summed E-state index contributed by atoms with van der Waals surface area (Å²) in [6.45, 7) is 6.75. The predicted molar refractivity (Wildman–Crippen MR) is 109 cm³/mol. The van der Waals surface area contributed by atoms with Gasteiger partial charge in [0.25, 0.3) is 0 Å². The molecule has 1 fully saturated rings. The summed E-state index contributed by atoms with van der Waals surface area (Å²) in [6, 6.07) is 5.46. The fourth-order valence-electron chi connectivity index (χ4n) is 3.14. The SMILES string of the molecule is CCNC(=NCC(=O)NCCOC)N1CCN(Cc2cccc(C(F)(F)F)c2)CC1.